The Bertz CT molecular complexity index is 951. The average Bonchev–Trinajstić information content (AvgIpc) is 3.17. The number of amides is 3. The fraction of sp³-hybridized carbons (Fsp3) is 0.545. The van der Waals surface area contributed by atoms with Gasteiger partial charge < -0.3 is 26.0 Å². The van der Waals surface area contributed by atoms with E-state index in [2.05, 4.69) is 25.9 Å². The predicted molar refractivity (Wildman–Crippen MR) is 122 cm³/mol. The Morgan fingerprint density at radius 1 is 1.25 bits per heavy atom. The summed E-state index contributed by atoms with van der Waals surface area (Å²) in [6.45, 7) is 8.26. The zero-order valence-electron chi connectivity index (χ0n) is 18.6. The van der Waals surface area contributed by atoms with Crippen molar-refractivity contribution in [2.75, 3.05) is 31.5 Å². The molecule has 0 saturated carbocycles. The molecular weight excluding hydrogens is 412 g/mol. The summed E-state index contributed by atoms with van der Waals surface area (Å²) in [5, 5.41) is 21.1. The zero-order valence-corrected chi connectivity index (χ0v) is 18.6. The van der Waals surface area contributed by atoms with Crippen LogP contribution in [0.1, 0.15) is 43.6 Å². The van der Waals surface area contributed by atoms with E-state index in [9.17, 15) is 9.59 Å². The predicted octanol–water partition coefficient (Wildman–Crippen LogP) is 2.11. The number of hydrogen-bond acceptors (Lipinski definition) is 5. The summed E-state index contributed by atoms with van der Waals surface area (Å²) in [5.74, 6) is 0.461. The number of carboxylic acid groups (broad SMARTS) is 1. The lowest BCUT2D eigenvalue weighted by Gasteiger charge is -2.44. The second kappa shape index (κ2) is 10.9. The molecule has 2 aromatic rings. The monoisotopic (exact) mass is 444 g/mol. The molecule has 4 heterocycles. The third kappa shape index (κ3) is 5.37. The molecule has 10 nitrogen and oxygen atoms in total. The highest BCUT2D eigenvalue weighted by Crippen LogP contribution is 2.28. The van der Waals surface area contributed by atoms with Crippen LogP contribution in [0.3, 0.4) is 0 Å². The van der Waals surface area contributed by atoms with Crippen LogP contribution < -0.4 is 16.0 Å². The highest BCUT2D eigenvalue weighted by Gasteiger charge is 2.35. The van der Waals surface area contributed by atoms with Crippen LogP contribution in [0.5, 0.6) is 0 Å². The number of urea groups is 1. The van der Waals surface area contributed by atoms with Gasteiger partial charge in [-0.05, 0) is 63.4 Å². The first-order valence-corrected chi connectivity index (χ1v) is 11.2. The molecule has 0 spiro atoms. The number of fused-ring (bicyclic) bond motifs is 4. The van der Waals surface area contributed by atoms with Crippen LogP contribution in [0.4, 0.5) is 10.5 Å². The van der Waals surface area contributed by atoms with Crippen molar-refractivity contribution in [3.8, 4) is 0 Å². The van der Waals surface area contributed by atoms with Gasteiger partial charge in [0.25, 0.3) is 12.4 Å². The lowest BCUT2D eigenvalue weighted by Crippen LogP contribution is -2.57. The normalized spacial score (nSPS) is 21.4. The van der Waals surface area contributed by atoms with Crippen molar-refractivity contribution < 1.29 is 19.5 Å². The molecule has 2 bridgehead atoms. The first-order valence-electron chi connectivity index (χ1n) is 11.2. The fourth-order valence-corrected chi connectivity index (χ4v) is 4.44. The van der Waals surface area contributed by atoms with E-state index in [-0.39, 0.29) is 24.5 Å². The van der Waals surface area contributed by atoms with E-state index in [4.69, 9.17) is 9.90 Å². The SMILES string of the molecule is CCCNC(=O)Nc1ccc2c(C(=O)N[C@@H]3CN4CCC3CC4)nn(CC)c2c1.O=CO. The molecule has 4 N–H and O–H groups in total. The topological polar surface area (TPSA) is 129 Å². The van der Waals surface area contributed by atoms with Crippen molar-refractivity contribution in [2.45, 2.75) is 45.7 Å². The second-order valence-corrected chi connectivity index (χ2v) is 8.10. The van der Waals surface area contributed by atoms with Gasteiger partial charge >= 0.3 is 6.03 Å². The number of rotatable bonds is 6. The number of carbonyl (C=O) groups is 3. The minimum Gasteiger partial charge on any atom is -0.483 e. The van der Waals surface area contributed by atoms with Gasteiger partial charge in [-0.1, -0.05) is 6.92 Å². The van der Waals surface area contributed by atoms with Gasteiger partial charge in [-0.3, -0.25) is 14.3 Å². The van der Waals surface area contributed by atoms with Crippen LogP contribution in [0.25, 0.3) is 10.9 Å². The van der Waals surface area contributed by atoms with Gasteiger partial charge in [-0.15, -0.1) is 0 Å². The van der Waals surface area contributed by atoms with Crippen LogP contribution in [-0.2, 0) is 11.3 Å². The van der Waals surface area contributed by atoms with Crippen LogP contribution in [-0.4, -0.2) is 70.4 Å². The highest BCUT2D eigenvalue weighted by molar-refractivity contribution is 6.06. The second-order valence-electron chi connectivity index (χ2n) is 8.10. The maximum atomic E-state index is 13.0. The molecule has 3 aliphatic rings. The molecule has 0 aliphatic carbocycles. The number of piperidine rings is 3. The Morgan fingerprint density at radius 3 is 2.56 bits per heavy atom. The van der Waals surface area contributed by atoms with Crippen molar-refractivity contribution in [3.63, 3.8) is 0 Å². The van der Waals surface area contributed by atoms with Gasteiger partial charge in [0.05, 0.1) is 5.52 Å². The number of carbonyl (C=O) groups excluding carboxylic acids is 2. The summed E-state index contributed by atoms with van der Waals surface area (Å²) in [6.07, 6.45) is 3.20. The quantitative estimate of drug-likeness (QED) is 0.505. The summed E-state index contributed by atoms with van der Waals surface area (Å²) in [5.41, 5.74) is 1.99. The summed E-state index contributed by atoms with van der Waals surface area (Å²) in [7, 11) is 0. The van der Waals surface area contributed by atoms with Gasteiger partial charge in [-0.25, -0.2) is 4.79 Å². The largest absolute Gasteiger partial charge is 0.483 e. The van der Waals surface area contributed by atoms with E-state index in [1.54, 1.807) is 0 Å². The molecule has 0 unspecified atom stereocenters. The van der Waals surface area contributed by atoms with Crippen LogP contribution in [0.2, 0.25) is 0 Å². The molecule has 32 heavy (non-hydrogen) atoms. The lowest BCUT2D eigenvalue weighted by atomic mass is 9.84. The Kier molecular flexibility index (Phi) is 8.04. The van der Waals surface area contributed by atoms with Crippen molar-refractivity contribution in [2.24, 2.45) is 5.92 Å². The molecule has 10 heteroatoms. The van der Waals surface area contributed by atoms with E-state index >= 15 is 0 Å². The molecule has 0 radical (unpaired) electrons. The number of nitrogens with one attached hydrogen (secondary N) is 3. The molecule has 3 aliphatic heterocycles. The Morgan fingerprint density at radius 2 is 1.97 bits per heavy atom. The van der Waals surface area contributed by atoms with Crippen LogP contribution in [0, 0.1) is 5.92 Å². The van der Waals surface area contributed by atoms with E-state index in [1.807, 2.05) is 36.7 Å². The molecule has 3 saturated heterocycles. The number of benzene rings is 1. The van der Waals surface area contributed by atoms with Crippen molar-refractivity contribution >= 4 is 35.0 Å². The molecule has 1 aromatic carbocycles. The van der Waals surface area contributed by atoms with Crippen molar-refractivity contribution in [3.05, 3.63) is 23.9 Å². The van der Waals surface area contributed by atoms with Gasteiger partial charge in [0.1, 0.15) is 0 Å². The van der Waals surface area contributed by atoms with E-state index in [1.165, 1.54) is 0 Å². The number of aryl methyl sites for hydroxylation is 1. The minimum atomic E-state index is -0.250. The van der Waals surface area contributed by atoms with E-state index < -0.39 is 0 Å². The van der Waals surface area contributed by atoms with E-state index in [0.29, 0.717) is 30.4 Å². The first kappa shape index (κ1) is 23.5. The highest BCUT2D eigenvalue weighted by atomic mass is 16.3. The summed E-state index contributed by atoms with van der Waals surface area (Å²) < 4.78 is 1.82. The van der Waals surface area contributed by atoms with Crippen LogP contribution in [0.15, 0.2) is 18.2 Å². The Hall–Kier alpha value is -3.14. The third-order valence-electron chi connectivity index (χ3n) is 6.03. The Labute approximate surface area is 187 Å². The molecule has 3 amide bonds. The molecule has 5 rings (SSSR count). The molecule has 174 valence electrons. The molecule has 1 aromatic heterocycles. The first-order chi connectivity index (χ1) is 15.5. The van der Waals surface area contributed by atoms with Crippen molar-refractivity contribution in [1.82, 2.24) is 25.3 Å². The average molecular weight is 445 g/mol. The van der Waals surface area contributed by atoms with Crippen molar-refractivity contribution in [1.29, 1.82) is 0 Å². The maximum absolute atomic E-state index is 13.0. The number of aromatic nitrogens is 2. The third-order valence-corrected chi connectivity index (χ3v) is 6.03. The Balaban J connectivity index is 0.000000913. The summed E-state index contributed by atoms with van der Waals surface area (Å²) in [4.78, 5) is 35.8. The molecule has 3 fully saturated rings. The van der Waals surface area contributed by atoms with E-state index in [0.717, 1.165) is 49.8 Å². The van der Waals surface area contributed by atoms with Gasteiger partial charge in [0.2, 0.25) is 0 Å². The maximum Gasteiger partial charge on any atom is 0.319 e. The fourth-order valence-electron chi connectivity index (χ4n) is 4.44. The molecular formula is C22H32N6O4. The lowest BCUT2D eigenvalue weighted by molar-refractivity contribution is -0.122. The summed E-state index contributed by atoms with van der Waals surface area (Å²) >= 11 is 0. The van der Waals surface area contributed by atoms with Crippen LogP contribution >= 0.6 is 0 Å². The number of hydrogen-bond donors (Lipinski definition) is 4. The summed E-state index contributed by atoms with van der Waals surface area (Å²) in [6, 6.07) is 5.54. The smallest absolute Gasteiger partial charge is 0.319 e. The minimum absolute atomic E-state index is 0.109. The van der Waals surface area contributed by atoms with Gasteiger partial charge in [0, 0.05) is 36.7 Å². The molecule has 1 atom stereocenters. The zero-order chi connectivity index (χ0) is 23.1. The number of nitrogens with zero attached hydrogens (tertiary/aromatic N) is 3. The van der Waals surface area contributed by atoms with Gasteiger partial charge in [-0.2, -0.15) is 5.10 Å². The standard InChI is InChI=1S/C21H30N6O2.CH2O2/c1-3-9-22-21(29)23-15-5-6-16-18(12-15)27(4-2)25-19(16)20(28)24-17-13-26-10-7-14(17)8-11-26;2-1-3/h5-6,12,14,17H,3-4,7-11,13H2,1-2H3,(H,24,28)(H2,22,23,29);1H,(H,2,3)/t17-;/m1./s1. The number of anilines is 1. The van der Waals surface area contributed by atoms with Gasteiger partial charge in [0.15, 0.2) is 5.69 Å².